The van der Waals surface area contributed by atoms with Crippen LogP contribution in [-0.2, 0) is 13.1 Å². The number of anilines is 1. The first kappa shape index (κ1) is 15.2. The number of pyridine rings is 1. The van der Waals surface area contributed by atoms with Gasteiger partial charge in [-0.15, -0.1) is 0 Å². The summed E-state index contributed by atoms with van der Waals surface area (Å²) in [5, 5.41) is 7.82. The van der Waals surface area contributed by atoms with Crippen molar-refractivity contribution in [3.8, 4) is 11.6 Å². The van der Waals surface area contributed by atoms with Crippen molar-refractivity contribution in [1.82, 2.24) is 9.88 Å². The average Bonchev–Trinajstić information content (AvgIpc) is 3.02. The maximum atomic E-state index is 5.87. The highest BCUT2D eigenvalue weighted by Crippen LogP contribution is 2.26. The highest BCUT2D eigenvalue weighted by atomic mass is 32.1. The standard InChI is InChI=1S/C19H19N3OS/c1-2-4-17(5-3-1)23-19-10-16-13-22(12-15-6-9-24-14-15)8-7-20-18(16)11-21-19/h1-6,9-11,14,20H,7-8,12-13H2. The van der Waals surface area contributed by atoms with Gasteiger partial charge in [0.05, 0.1) is 11.9 Å². The first-order valence-electron chi connectivity index (χ1n) is 8.06. The van der Waals surface area contributed by atoms with Gasteiger partial charge in [-0.3, -0.25) is 4.90 Å². The number of benzene rings is 1. The van der Waals surface area contributed by atoms with Crippen LogP contribution in [0.1, 0.15) is 11.1 Å². The number of aromatic nitrogens is 1. The molecule has 0 saturated carbocycles. The molecule has 0 radical (unpaired) electrons. The van der Waals surface area contributed by atoms with Crippen molar-refractivity contribution < 1.29 is 4.74 Å². The minimum absolute atomic E-state index is 0.638. The first-order chi connectivity index (χ1) is 11.9. The summed E-state index contributed by atoms with van der Waals surface area (Å²) in [6, 6.07) is 14.0. The summed E-state index contributed by atoms with van der Waals surface area (Å²) in [6.45, 7) is 3.81. The van der Waals surface area contributed by atoms with Crippen LogP contribution in [0.3, 0.4) is 0 Å². The minimum atomic E-state index is 0.638. The molecule has 0 spiro atoms. The normalized spacial score (nSPS) is 14.5. The van der Waals surface area contributed by atoms with Crippen molar-refractivity contribution in [2.75, 3.05) is 18.4 Å². The van der Waals surface area contributed by atoms with Gasteiger partial charge in [-0.25, -0.2) is 4.98 Å². The smallest absolute Gasteiger partial charge is 0.219 e. The number of hydrogen-bond donors (Lipinski definition) is 1. The predicted molar refractivity (Wildman–Crippen MR) is 97.7 cm³/mol. The topological polar surface area (TPSA) is 37.4 Å². The molecule has 2 aromatic heterocycles. The van der Waals surface area contributed by atoms with E-state index in [9.17, 15) is 0 Å². The van der Waals surface area contributed by atoms with Crippen molar-refractivity contribution in [3.05, 3.63) is 70.5 Å². The lowest BCUT2D eigenvalue weighted by Crippen LogP contribution is -2.25. The van der Waals surface area contributed by atoms with E-state index in [0.717, 1.165) is 37.6 Å². The van der Waals surface area contributed by atoms with E-state index < -0.39 is 0 Å². The zero-order valence-electron chi connectivity index (χ0n) is 13.3. The number of nitrogens with one attached hydrogen (secondary N) is 1. The van der Waals surface area contributed by atoms with Gasteiger partial charge in [0.25, 0.3) is 0 Å². The van der Waals surface area contributed by atoms with Crippen LogP contribution in [0.2, 0.25) is 0 Å². The molecule has 3 aromatic rings. The molecule has 1 aromatic carbocycles. The lowest BCUT2D eigenvalue weighted by Gasteiger charge is -2.19. The Morgan fingerprint density at radius 3 is 2.96 bits per heavy atom. The lowest BCUT2D eigenvalue weighted by atomic mass is 10.2. The SMILES string of the molecule is c1ccc(Oc2cc3c(cn2)NCCN(Cc2ccsc2)C3)cc1. The van der Waals surface area contributed by atoms with E-state index in [0.29, 0.717) is 5.88 Å². The van der Waals surface area contributed by atoms with Crippen LogP contribution in [0.25, 0.3) is 0 Å². The van der Waals surface area contributed by atoms with E-state index in [2.05, 4.69) is 32.0 Å². The van der Waals surface area contributed by atoms with E-state index in [1.165, 1.54) is 11.1 Å². The van der Waals surface area contributed by atoms with Crippen LogP contribution >= 0.6 is 11.3 Å². The number of nitrogens with zero attached hydrogens (tertiary/aromatic N) is 2. The molecule has 122 valence electrons. The predicted octanol–water partition coefficient (Wildman–Crippen LogP) is 4.36. The van der Waals surface area contributed by atoms with E-state index in [-0.39, 0.29) is 0 Å². The highest BCUT2D eigenvalue weighted by Gasteiger charge is 2.16. The Morgan fingerprint density at radius 2 is 2.12 bits per heavy atom. The molecule has 1 aliphatic rings. The Hall–Kier alpha value is -2.37. The van der Waals surface area contributed by atoms with Crippen molar-refractivity contribution >= 4 is 17.0 Å². The zero-order chi connectivity index (χ0) is 16.2. The largest absolute Gasteiger partial charge is 0.439 e. The molecule has 0 bridgehead atoms. The Bertz CT molecular complexity index is 790. The molecule has 0 amide bonds. The van der Waals surface area contributed by atoms with Gasteiger partial charge < -0.3 is 10.1 Å². The second-order valence-electron chi connectivity index (χ2n) is 5.86. The van der Waals surface area contributed by atoms with Gasteiger partial charge in [0.2, 0.25) is 5.88 Å². The molecule has 24 heavy (non-hydrogen) atoms. The average molecular weight is 337 g/mol. The lowest BCUT2D eigenvalue weighted by molar-refractivity contribution is 0.272. The molecule has 4 nitrogen and oxygen atoms in total. The summed E-state index contributed by atoms with van der Waals surface area (Å²) in [6.07, 6.45) is 1.88. The zero-order valence-corrected chi connectivity index (χ0v) is 14.1. The van der Waals surface area contributed by atoms with Crippen LogP contribution < -0.4 is 10.1 Å². The van der Waals surface area contributed by atoms with Gasteiger partial charge in [0, 0.05) is 32.2 Å². The molecule has 0 saturated heterocycles. The number of fused-ring (bicyclic) bond motifs is 1. The fourth-order valence-corrected chi connectivity index (χ4v) is 3.53. The van der Waals surface area contributed by atoms with Crippen molar-refractivity contribution in [2.45, 2.75) is 13.1 Å². The summed E-state index contributed by atoms with van der Waals surface area (Å²) in [5.74, 6) is 1.45. The van der Waals surface area contributed by atoms with Crippen LogP contribution in [0, 0.1) is 0 Å². The quantitative estimate of drug-likeness (QED) is 0.767. The third-order valence-corrected chi connectivity index (χ3v) is 4.79. The number of rotatable bonds is 4. The summed E-state index contributed by atoms with van der Waals surface area (Å²) in [7, 11) is 0. The van der Waals surface area contributed by atoms with Gasteiger partial charge in [-0.05, 0) is 40.1 Å². The van der Waals surface area contributed by atoms with E-state index in [1.54, 1.807) is 11.3 Å². The van der Waals surface area contributed by atoms with Crippen LogP contribution in [-0.4, -0.2) is 23.0 Å². The maximum absolute atomic E-state index is 5.87. The fraction of sp³-hybridized carbons (Fsp3) is 0.211. The van der Waals surface area contributed by atoms with Gasteiger partial charge in [0.15, 0.2) is 0 Å². The molecule has 1 N–H and O–H groups in total. The summed E-state index contributed by atoms with van der Waals surface area (Å²) in [5.41, 5.74) is 3.70. The number of para-hydroxylation sites is 1. The molecule has 0 aliphatic carbocycles. The summed E-state index contributed by atoms with van der Waals surface area (Å²) >= 11 is 1.75. The monoisotopic (exact) mass is 337 g/mol. The van der Waals surface area contributed by atoms with Gasteiger partial charge in [0.1, 0.15) is 5.75 Å². The van der Waals surface area contributed by atoms with Gasteiger partial charge in [-0.2, -0.15) is 11.3 Å². The maximum Gasteiger partial charge on any atom is 0.219 e. The number of hydrogen-bond acceptors (Lipinski definition) is 5. The third-order valence-electron chi connectivity index (χ3n) is 4.05. The van der Waals surface area contributed by atoms with Crippen LogP contribution in [0.4, 0.5) is 5.69 Å². The van der Waals surface area contributed by atoms with Crippen molar-refractivity contribution in [3.63, 3.8) is 0 Å². The molecule has 0 atom stereocenters. The molecule has 1 aliphatic heterocycles. The second-order valence-corrected chi connectivity index (χ2v) is 6.64. The van der Waals surface area contributed by atoms with E-state index in [1.807, 2.05) is 42.6 Å². The third kappa shape index (κ3) is 3.58. The van der Waals surface area contributed by atoms with E-state index in [4.69, 9.17) is 4.74 Å². The highest BCUT2D eigenvalue weighted by molar-refractivity contribution is 7.07. The molecular formula is C19H19N3OS. The van der Waals surface area contributed by atoms with Crippen LogP contribution in [0.15, 0.2) is 59.4 Å². The Morgan fingerprint density at radius 1 is 1.21 bits per heavy atom. The first-order valence-corrected chi connectivity index (χ1v) is 9.00. The summed E-state index contributed by atoms with van der Waals surface area (Å²) < 4.78 is 5.87. The fourth-order valence-electron chi connectivity index (χ4n) is 2.87. The minimum Gasteiger partial charge on any atom is -0.439 e. The van der Waals surface area contributed by atoms with E-state index >= 15 is 0 Å². The Labute approximate surface area is 145 Å². The molecular weight excluding hydrogens is 318 g/mol. The number of ether oxygens (including phenoxy) is 1. The van der Waals surface area contributed by atoms with Crippen LogP contribution in [0.5, 0.6) is 11.6 Å². The van der Waals surface area contributed by atoms with Crippen molar-refractivity contribution in [2.24, 2.45) is 0 Å². The Balaban J connectivity index is 1.52. The Kier molecular flexibility index (Phi) is 4.44. The molecule has 4 rings (SSSR count). The van der Waals surface area contributed by atoms with Crippen molar-refractivity contribution in [1.29, 1.82) is 0 Å². The molecule has 3 heterocycles. The second kappa shape index (κ2) is 7.03. The summed E-state index contributed by atoms with van der Waals surface area (Å²) in [4.78, 5) is 6.88. The van der Waals surface area contributed by atoms with Gasteiger partial charge >= 0.3 is 0 Å². The molecule has 5 heteroatoms. The van der Waals surface area contributed by atoms with Gasteiger partial charge in [-0.1, -0.05) is 18.2 Å². The number of thiophene rings is 1. The molecule has 0 fully saturated rings. The molecule has 0 unspecified atom stereocenters.